The van der Waals surface area contributed by atoms with Gasteiger partial charge >= 0.3 is 0 Å². The van der Waals surface area contributed by atoms with E-state index in [0.29, 0.717) is 6.42 Å². The predicted molar refractivity (Wildman–Crippen MR) is 67.9 cm³/mol. The van der Waals surface area contributed by atoms with Crippen LogP contribution in [0.15, 0.2) is 22.7 Å². The van der Waals surface area contributed by atoms with Crippen molar-refractivity contribution in [1.82, 2.24) is 0 Å². The van der Waals surface area contributed by atoms with E-state index in [1.165, 1.54) is 12.1 Å². The minimum Gasteiger partial charge on any atom is -0.393 e. The third-order valence-electron chi connectivity index (χ3n) is 2.85. The SMILES string of the molecule is CCCC(C)C(O)Cc1ccc(F)cc1Br. The smallest absolute Gasteiger partial charge is 0.124 e. The molecular formula is C13H18BrFO. The highest BCUT2D eigenvalue weighted by Crippen LogP contribution is 2.22. The van der Waals surface area contributed by atoms with Gasteiger partial charge in [0.05, 0.1) is 6.10 Å². The largest absolute Gasteiger partial charge is 0.393 e. The molecule has 0 amide bonds. The monoisotopic (exact) mass is 288 g/mol. The van der Waals surface area contributed by atoms with Crippen molar-refractivity contribution in [1.29, 1.82) is 0 Å². The van der Waals surface area contributed by atoms with Gasteiger partial charge in [0.25, 0.3) is 0 Å². The fraction of sp³-hybridized carbons (Fsp3) is 0.538. The first kappa shape index (κ1) is 13.7. The average Bonchev–Trinajstić information content (AvgIpc) is 2.22. The van der Waals surface area contributed by atoms with Gasteiger partial charge in [0.15, 0.2) is 0 Å². The predicted octanol–water partition coefficient (Wildman–Crippen LogP) is 3.93. The number of hydrogen-bond donors (Lipinski definition) is 1. The molecule has 0 saturated heterocycles. The zero-order valence-electron chi connectivity index (χ0n) is 9.71. The van der Waals surface area contributed by atoms with Gasteiger partial charge in [-0.1, -0.05) is 42.3 Å². The molecule has 0 heterocycles. The highest BCUT2D eigenvalue weighted by molar-refractivity contribution is 9.10. The summed E-state index contributed by atoms with van der Waals surface area (Å²) < 4.78 is 13.6. The van der Waals surface area contributed by atoms with Gasteiger partial charge in [-0.2, -0.15) is 0 Å². The Kier molecular flexibility index (Phi) is 5.42. The van der Waals surface area contributed by atoms with E-state index in [4.69, 9.17) is 0 Å². The quantitative estimate of drug-likeness (QED) is 0.870. The highest BCUT2D eigenvalue weighted by Gasteiger charge is 2.15. The Morgan fingerprint density at radius 2 is 2.12 bits per heavy atom. The Bertz CT molecular complexity index is 341. The van der Waals surface area contributed by atoms with Crippen molar-refractivity contribution in [3.05, 3.63) is 34.1 Å². The van der Waals surface area contributed by atoms with E-state index in [0.717, 1.165) is 22.9 Å². The summed E-state index contributed by atoms with van der Waals surface area (Å²) in [5.41, 5.74) is 0.955. The lowest BCUT2D eigenvalue weighted by Crippen LogP contribution is -2.20. The summed E-state index contributed by atoms with van der Waals surface area (Å²) in [6, 6.07) is 4.59. The number of hydrogen-bond acceptors (Lipinski definition) is 1. The second-order valence-electron chi connectivity index (χ2n) is 4.27. The van der Waals surface area contributed by atoms with Crippen LogP contribution in [-0.2, 0) is 6.42 Å². The number of benzene rings is 1. The molecule has 0 spiro atoms. The van der Waals surface area contributed by atoms with E-state index in [-0.39, 0.29) is 17.8 Å². The van der Waals surface area contributed by atoms with Crippen molar-refractivity contribution >= 4 is 15.9 Å². The standard InChI is InChI=1S/C13H18BrFO/c1-3-4-9(2)13(16)7-10-5-6-11(15)8-12(10)14/h5-6,8-9,13,16H,3-4,7H2,1-2H3. The van der Waals surface area contributed by atoms with Crippen LogP contribution in [0, 0.1) is 11.7 Å². The van der Waals surface area contributed by atoms with Crippen LogP contribution < -0.4 is 0 Å². The molecule has 0 bridgehead atoms. The van der Waals surface area contributed by atoms with Crippen molar-refractivity contribution in [2.45, 2.75) is 39.2 Å². The van der Waals surface area contributed by atoms with Gasteiger partial charge in [-0.05, 0) is 36.5 Å². The second kappa shape index (κ2) is 6.36. The van der Waals surface area contributed by atoms with Gasteiger partial charge in [0.1, 0.15) is 5.82 Å². The van der Waals surface area contributed by atoms with E-state index in [1.807, 2.05) is 6.92 Å². The molecule has 1 rings (SSSR count). The number of aliphatic hydroxyl groups excluding tert-OH is 1. The summed E-state index contributed by atoms with van der Waals surface area (Å²) in [5, 5.41) is 9.98. The minimum atomic E-state index is -0.360. The van der Waals surface area contributed by atoms with E-state index in [2.05, 4.69) is 22.9 Å². The molecule has 0 saturated carbocycles. The van der Waals surface area contributed by atoms with Crippen LogP contribution in [0.4, 0.5) is 4.39 Å². The van der Waals surface area contributed by atoms with Gasteiger partial charge < -0.3 is 5.11 Å². The van der Waals surface area contributed by atoms with Crippen LogP contribution in [0.2, 0.25) is 0 Å². The molecule has 1 N–H and O–H groups in total. The summed E-state index contributed by atoms with van der Waals surface area (Å²) in [5.74, 6) is 0.0219. The Balaban J connectivity index is 2.65. The van der Waals surface area contributed by atoms with Crippen LogP contribution in [0.3, 0.4) is 0 Å². The van der Waals surface area contributed by atoms with Gasteiger partial charge in [-0.3, -0.25) is 0 Å². The number of rotatable bonds is 5. The maximum Gasteiger partial charge on any atom is 0.124 e. The van der Waals surface area contributed by atoms with Crippen molar-refractivity contribution in [3.8, 4) is 0 Å². The van der Waals surface area contributed by atoms with Crippen molar-refractivity contribution in [2.75, 3.05) is 0 Å². The molecule has 1 aromatic rings. The maximum absolute atomic E-state index is 12.9. The molecule has 0 radical (unpaired) electrons. The molecule has 0 aliphatic carbocycles. The fourth-order valence-corrected chi connectivity index (χ4v) is 2.27. The summed E-state index contributed by atoms with van der Waals surface area (Å²) >= 11 is 3.31. The summed E-state index contributed by atoms with van der Waals surface area (Å²) in [7, 11) is 0. The summed E-state index contributed by atoms with van der Waals surface area (Å²) in [4.78, 5) is 0. The lowest BCUT2D eigenvalue weighted by Gasteiger charge is -2.18. The van der Waals surface area contributed by atoms with E-state index < -0.39 is 0 Å². The Labute approximate surface area is 105 Å². The molecule has 0 fully saturated rings. The fourth-order valence-electron chi connectivity index (χ4n) is 1.76. The van der Waals surface area contributed by atoms with Crippen LogP contribution in [-0.4, -0.2) is 11.2 Å². The Morgan fingerprint density at radius 1 is 1.44 bits per heavy atom. The summed E-state index contributed by atoms with van der Waals surface area (Å²) in [6.07, 6.45) is 2.30. The van der Waals surface area contributed by atoms with Crippen molar-refractivity contribution < 1.29 is 9.50 Å². The molecule has 2 unspecified atom stereocenters. The second-order valence-corrected chi connectivity index (χ2v) is 5.13. The molecule has 0 aliphatic rings. The molecule has 0 aliphatic heterocycles. The van der Waals surface area contributed by atoms with Gasteiger partial charge in [0.2, 0.25) is 0 Å². The summed E-state index contributed by atoms with van der Waals surface area (Å²) in [6.45, 7) is 4.16. The molecular weight excluding hydrogens is 271 g/mol. The minimum absolute atomic E-state index is 0.258. The Hall–Kier alpha value is -0.410. The van der Waals surface area contributed by atoms with Crippen LogP contribution in [0.5, 0.6) is 0 Å². The molecule has 16 heavy (non-hydrogen) atoms. The van der Waals surface area contributed by atoms with E-state index in [1.54, 1.807) is 6.07 Å². The average molecular weight is 289 g/mol. The molecule has 90 valence electrons. The van der Waals surface area contributed by atoms with Gasteiger partial charge in [-0.25, -0.2) is 4.39 Å². The topological polar surface area (TPSA) is 20.2 Å². The maximum atomic E-state index is 12.9. The first-order valence-electron chi connectivity index (χ1n) is 5.66. The number of halogens is 2. The van der Waals surface area contributed by atoms with Crippen LogP contribution in [0.1, 0.15) is 32.3 Å². The Morgan fingerprint density at radius 3 is 2.69 bits per heavy atom. The van der Waals surface area contributed by atoms with Crippen LogP contribution in [0.25, 0.3) is 0 Å². The molecule has 3 heteroatoms. The first-order chi connectivity index (χ1) is 7.54. The molecule has 0 aromatic heterocycles. The molecule has 2 atom stereocenters. The van der Waals surface area contributed by atoms with Gasteiger partial charge in [-0.15, -0.1) is 0 Å². The normalized spacial score (nSPS) is 14.8. The van der Waals surface area contributed by atoms with Crippen LogP contribution >= 0.6 is 15.9 Å². The first-order valence-corrected chi connectivity index (χ1v) is 6.46. The third kappa shape index (κ3) is 3.87. The van der Waals surface area contributed by atoms with Crippen molar-refractivity contribution in [3.63, 3.8) is 0 Å². The third-order valence-corrected chi connectivity index (χ3v) is 3.58. The van der Waals surface area contributed by atoms with E-state index >= 15 is 0 Å². The van der Waals surface area contributed by atoms with Gasteiger partial charge in [0, 0.05) is 4.47 Å². The lowest BCUT2D eigenvalue weighted by molar-refractivity contribution is 0.111. The zero-order valence-corrected chi connectivity index (χ0v) is 11.3. The number of aliphatic hydroxyl groups is 1. The van der Waals surface area contributed by atoms with Crippen molar-refractivity contribution in [2.24, 2.45) is 5.92 Å². The molecule has 1 nitrogen and oxygen atoms in total. The zero-order chi connectivity index (χ0) is 12.1. The lowest BCUT2D eigenvalue weighted by atomic mass is 9.94. The van der Waals surface area contributed by atoms with E-state index in [9.17, 15) is 9.50 Å². The molecule has 1 aromatic carbocycles. The highest BCUT2D eigenvalue weighted by atomic mass is 79.9.